The minimum Gasteiger partial charge on any atom is -0.326 e. The SMILES string of the molecule is C/C=C\C(C)=C(\F)C(CN)=C(C)C. The van der Waals surface area contributed by atoms with Gasteiger partial charge in [-0.25, -0.2) is 4.39 Å². The lowest BCUT2D eigenvalue weighted by Crippen LogP contribution is -2.06. The summed E-state index contributed by atoms with van der Waals surface area (Å²) in [6.07, 6.45) is 3.56. The second-order valence-electron chi connectivity index (χ2n) is 3.18. The summed E-state index contributed by atoms with van der Waals surface area (Å²) < 4.78 is 13.6. The van der Waals surface area contributed by atoms with Crippen LogP contribution in [0.5, 0.6) is 0 Å². The van der Waals surface area contributed by atoms with Gasteiger partial charge in [0.05, 0.1) is 0 Å². The molecule has 0 atom stereocenters. The summed E-state index contributed by atoms with van der Waals surface area (Å²) in [5, 5.41) is 0. The van der Waals surface area contributed by atoms with E-state index in [0.29, 0.717) is 11.1 Å². The van der Waals surface area contributed by atoms with Crippen LogP contribution in [0.3, 0.4) is 0 Å². The van der Waals surface area contributed by atoms with E-state index in [9.17, 15) is 4.39 Å². The van der Waals surface area contributed by atoms with Gasteiger partial charge in [-0.1, -0.05) is 17.7 Å². The van der Waals surface area contributed by atoms with Gasteiger partial charge in [0.1, 0.15) is 5.83 Å². The Balaban J connectivity index is 5.06. The first-order valence-corrected chi connectivity index (χ1v) is 4.40. The number of halogens is 1. The molecule has 0 aliphatic rings. The number of hydrogen-bond donors (Lipinski definition) is 1. The minimum absolute atomic E-state index is 0.194. The molecule has 0 aliphatic carbocycles. The van der Waals surface area contributed by atoms with Crippen molar-refractivity contribution in [2.75, 3.05) is 6.54 Å². The Morgan fingerprint density at radius 1 is 1.31 bits per heavy atom. The van der Waals surface area contributed by atoms with Crippen molar-refractivity contribution >= 4 is 0 Å². The number of allylic oxidation sites excluding steroid dienone is 4. The van der Waals surface area contributed by atoms with Crippen molar-refractivity contribution in [2.45, 2.75) is 27.7 Å². The number of nitrogens with two attached hydrogens (primary N) is 1. The molecule has 0 aliphatic heterocycles. The van der Waals surface area contributed by atoms with Crippen molar-refractivity contribution < 1.29 is 4.39 Å². The maximum Gasteiger partial charge on any atom is 0.130 e. The number of hydrogen-bond acceptors (Lipinski definition) is 1. The monoisotopic (exact) mass is 183 g/mol. The van der Waals surface area contributed by atoms with Crippen molar-refractivity contribution in [1.29, 1.82) is 0 Å². The van der Waals surface area contributed by atoms with Gasteiger partial charge < -0.3 is 5.73 Å². The van der Waals surface area contributed by atoms with E-state index in [-0.39, 0.29) is 12.4 Å². The average Bonchev–Trinajstić information content (AvgIpc) is 2.05. The van der Waals surface area contributed by atoms with Crippen LogP contribution in [0.15, 0.2) is 34.7 Å². The fourth-order valence-corrected chi connectivity index (χ4v) is 1.07. The van der Waals surface area contributed by atoms with Crippen LogP contribution in [-0.4, -0.2) is 6.54 Å². The lowest BCUT2D eigenvalue weighted by Gasteiger charge is -2.06. The molecule has 0 amide bonds. The van der Waals surface area contributed by atoms with Crippen molar-refractivity contribution in [3.05, 3.63) is 34.7 Å². The molecule has 0 saturated carbocycles. The second kappa shape index (κ2) is 5.70. The van der Waals surface area contributed by atoms with Crippen LogP contribution in [0, 0.1) is 0 Å². The van der Waals surface area contributed by atoms with E-state index in [1.807, 2.05) is 26.8 Å². The highest BCUT2D eigenvalue weighted by Gasteiger charge is 2.06. The fourth-order valence-electron chi connectivity index (χ4n) is 1.07. The molecule has 0 bridgehead atoms. The third kappa shape index (κ3) is 3.55. The molecule has 74 valence electrons. The predicted molar refractivity (Wildman–Crippen MR) is 56.1 cm³/mol. The van der Waals surface area contributed by atoms with Crippen molar-refractivity contribution in [2.24, 2.45) is 5.73 Å². The summed E-state index contributed by atoms with van der Waals surface area (Å²) in [5.41, 5.74) is 7.62. The fraction of sp³-hybridized carbons (Fsp3) is 0.455. The van der Waals surface area contributed by atoms with Crippen molar-refractivity contribution in [1.82, 2.24) is 0 Å². The minimum atomic E-state index is -0.194. The summed E-state index contributed by atoms with van der Waals surface area (Å²) in [5.74, 6) is -0.194. The van der Waals surface area contributed by atoms with E-state index >= 15 is 0 Å². The van der Waals surface area contributed by atoms with Crippen molar-refractivity contribution in [3.63, 3.8) is 0 Å². The van der Waals surface area contributed by atoms with Crippen molar-refractivity contribution in [3.8, 4) is 0 Å². The van der Waals surface area contributed by atoms with Crippen LogP contribution in [0.4, 0.5) is 4.39 Å². The molecule has 0 fully saturated rings. The third-order valence-corrected chi connectivity index (χ3v) is 1.84. The summed E-state index contributed by atoms with van der Waals surface area (Å²) in [7, 11) is 0. The smallest absolute Gasteiger partial charge is 0.130 e. The normalized spacial score (nSPS) is 13.1. The van der Waals surface area contributed by atoms with E-state index in [2.05, 4.69) is 0 Å². The van der Waals surface area contributed by atoms with E-state index in [1.165, 1.54) is 0 Å². The lowest BCUT2D eigenvalue weighted by molar-refractivity contribution is 0.634. The first kappa shape index (κ1) is 12.1. The molecule has 0 radical (unpaired) electrons. The third-order valence-electron chi connectivity index (χ3n) is 1.84. The topological polar surface area (TPSA) is 26.0 Å². The van der Waals surface area contributed by atoms with Crippen LogP contribution in [0.25, 0.3) is 0 Å². The van der Waals surface area contributed by atoms with Gasteiger partial charge in [-0.15, -0.1) is 0 Å². The Hall–Kier alpha value is -0.890. The Kier molecular flexibility index (Phi) is 5.31. The van der Waals surface area contributed by atoms with E-state index in [1.54, 1.807) is 13.0 Å². The largest absolute Gasteiger partial charge is 0.326 e. The Bertz CT molecular complexity index is 255. The zero-order valence-electron chi connectivity index (χ0n) is 8.82. The van der Waals surface area contributed by atoms with Crippen LogP contribution < -0.4 is 5.73 Å². The molecule has 0 aromatic heterocycles. The van der Waals surface area contributed by atoms with Gasteiger partial charge in [0.25, 0.3) is 0 Å². The molecule has 1 nitrogen and oxygen atoms in total. The Labute approximate surface area is 79.8 Å². The van der Waals surface area contributed by atoms with E-state index in [4.69, 9.17) is 5.73 Å². The van der Waals surface area contributed by atoms with Gasteiger partial charge in [0, 0.05) is 12.1 Å². The van der Waals surface area contributed by atoms with Gasteiger partial charge in [-0.05, 0) is 33.3 Å². The first-order valence-electron chi connectivity index (χ1n) is 4.40. The van der Waals surface area contributed by atoms with Gasteiger partial charge >= 0.3 is 0 Å². The Morgan fingerprint density at radius 2 is 1.85 bits per heavy atom. The molecule has 0 rings (SSSR count). The molecular formula is C11H18FN. The molecule has 2 N–H and O–H groups in total. The highest BCUT2D eigenvalue weighted by Crippen LogP contribution is 2.19. The zero-order valence-corrected chi connectivity index (χ0v) is 8.82. The van der Waals surface area contributed by atoms with Gasteiger partial charge in [0.15, 0.2) is 0 Å². The van der Waals surface area contributed by atoms with Crippen LogP contribution in [0.2, 0.25) is 0 Å². The maximum atomic E-state index is 13.6. The molecule has 0 unspecified atom stereocenters. The highest BCUT2D eigenvalue weighted by molar-refractivity contribution is 5.37. The van der Waals surface area contributed by atoms with E-state index in [0.717, 1.165) is 5.57 Å². The molecule has 0 saturated heterocycles. The summed E-state index contributed by atoms with van der Waals surface area (Å²) in [6.45, 7) is 7.59. The van der Waals surface area contributed by atoms with Gasteiger partial charge in [0.2, 0.25) is 0 Å². The predicted octanol–water partition coefficient (Wildman–Crippen LogP) is 3.10. The molecule has 0 aromatic carbocycles. The average molecular weight is 183 g/mol. The molecule has 13 heavy (non-hydrogen) atoms. The Morgan fingerprint density at radius 3 is 2.15 bits per heavy atom. The highest BCUT2D eigenvalue weighted by atomic mass is 19.1. The summed E-state index contributed by atoms with van der Waals surface area (Å²) in [6, 6.07) is 0. The molecule has 0 aromatic rings. The standard InChI is InChI=1S/C11H18FN/c1-5-6-9(4)11(12)10(7-13)8(2)3/h5-6H,7,13H2,1-4H3/b6-5-,11-9+. The maximum absolute atomic E-state index is 13.6. The van der Waals surface area contributed by atoms with Gasteiger partial charge in [-0.3, -0.25) is 0 Å². The lowest BCUT2D eigenvalue weighted by atomic mass is 10.1. The summed E-state index contributed by atoms with van der Waals surface area (Å²) in [4.78, 5) is 0. The number of rotatable bonds is 3. The van der Waals surface area contributed by atoms with E-state index < -0.39 is 0 Å². The molecule has 0 heterocycles. The quantitative estimate of drug-likeness (QED) is 0.668. The molecule has 2 heteroatoms. The second-order valence-corrected chi connectivity index (χ2v) is 3.18. The zero-order chi connectivity index (χ0) is 10.4. The molecule has 0 spiro atoms. The van der Waals surface area contributed by atoms with Crippen LogP contribution in [-0.2, 0) is 0 Å². The van der Waals surface area contributed by atoms with Crippen LogP contribution >= 0.6 is 0 Å². The first-order chi connectivity index (χ1) is 6.04. The van der Waals surface area contributed by atoms with Crippen LogP contribution in [0.1, 0.15) is 27.7 Å². The summed E-state index contributed by atoms with van der Waals surface area (Å²) >= 11 is 0. The van der Waals surface area contributed by atoms with Gasteiger partial charge in [-0.2, -0.15) is 0 Å². The molecular weight excluding hydrogens is 165 g/mol.